The molecule has 0 radical (unpaired) electrons. The molecule has 1 unspecified atom stereocenters. The number of rotatable bonds is 9. The van der Waals surface area contributed by atoms with Gasteiger partial charge in [0.1, 0.15) is 5.69 Å². The Hall–Kier alpha value is -1.79. The molecule has 0 aromatic carbocycles. The molecule has 0 aliphatic carbocycles. The van der Waals surface area contributed by atoms with E-state index >= 15 is 0 Å². The summed E-state index contributed by atoms with van der Waals surface area (Å²) in [6.07, 6.45) is 8.32. The van der Waals surface area contributed by atoms with E-state index in [0.717, 1.165) is 37.9 Å². The van der Waals surface area contributed by atoms with Gasteiger partial charge in [-0.25, -0.2) is 4.98 Å². The quantitative estimate of drug-likeness (QED) is 0.626. The second kappa shape index (κ2) is 12.4. The van der Waals surface area contributed by atoms with Gasteiger partial charge in [-0.1, -0.05) is 19.4 Å². The third kappa shape index (κ3) is 7.11. The first-order chi connectivity index (χ1) is 15.5. The molecule has 2 aliphatic rings. The topological polar surface area (TPSA) is 65.5 Å². The normalized spacial score (nSPS) is 21.4. The highest BCUT2D eigenvalue weighted by Crippen LogP contribution is 2.29. The van der Waals surface area contributed by atoms with E-state index in [1.54, 1.807) is 6.07 Å². The van der Waals surface area contributed by atoms with E-state index in [1.165, 1.54) is 38.9 Å². The fourth-order valence-electron chi connectivity index (χ4n) is 5.08. The number of nitrogens with zero attached hydrogens (tertiary/aromatic N) is 3. The number of aromatic nitrogens is 1. The summed E-state index contributed by atoms with van der Waals surface area (Å²) >= 11 is 0. The molecule has 1 aromatic heterocycles. The van der Waals surface area contributed by atoms with Crippen LogP contribution in [0.4, 0.5) is 0 Å². The third-order valence-electron chi connectivity index (χ3n) is 7.19. The fourth-order valence-corrected chi connectivity index (χ4v) is 5.08. The maximum absolute atomic E-state index is 12.5. The van der Waals surface area contributed by atoms with Crippen molar-refractivity contribution in [1.29, 1.82) is 0 Å². The number of pyridine rings is 1. The lowest BCUT2D eigenvalue weighted by molar-refractivity contribution is -0.118. The Bertz CT molecular complexity index is 743. The molecule has 32 heavy (non-hydrogen) atoms. The standard InChI is InChI=1S/C26H42N4O2/c1-4-5-9-23(31)19-27-26(32)25-11-6-10-24(28-25)21-8-7-15-30(16-12-21)22-13-17-29(18-14-22)20(2)3/h6,10-11,20-22H,4-5,7-9,12-19H2,1-3H3,(H,27,32). The van der Waals surface area contributed by atoms with Gasteiger partial charge in [0.25, 0.3) is 5.91 Å². The van der Waals surface area contributed by atoms with Crippen LogP contribution in [0.1, 0.15) is 94.2 Å². The number of unbranched alkanes of at least 4 members (excludes halogenated alkanes) is 1. The lowest BCUT2D eigenvalue weighted by Crippen LogP contribution is -2.47. The van der Waals surface area contributed by atoms with Crippen molar-refractivity contribution < 1.29 is 9.59 Å². The average Bonchev–Trinajstić information content (AvgIpc) is 3.07. The van der Waals surface area contributed by atoms with Crippen LogP contribution in [-0.2, 0) is 4.79 Å². The number of hydrogen-bond acceptors (Lipinski definition) is 5. The Morgan fingerprint density at radius 2 is 1.88 bits per heavy atom. The van der Waals surface area contributed by atoms with Gasteiger partial charge in [-0.3, -0.25) is 9.59 Å². The molecule has 3 heterocycles. The summed E-state index contributed by atoms with van der Waals surface area (Å²) in [5.41, 5.74) is 1.44. The van der Waals surface area contributed by atoms with Crippen LogP contribution >= 0.6 is 0 Å². The van der Waals surface area contributed by atoms with Gasteiger partial charge in [0.2, 0.25) is 0 Å². The van der Waals surface area contributed by atoms with Gasteiger partial charge in [0.15, 0.2) is 5.78 Å². The Morgan fingerprint density at radius 3 is 2.59 bits per heavy atom. The van der Waals surface area contributed by atoms with Crippen LogP contribution in [0, 0.1) is 0 Å². The highest BCUT2D eigenvalue weighted by atomic mass is 16.2. The van der Waals surface area contributed by atoms with E-state index < -0.39 is 0 Å². The Kier molecular flexibility index (Phi) is 9.67. The molecule has 1 N–H and O–H groups in total. The van der Waals surface area contributed by atoms with Crippen molar-refractivity contribution in [2.24, 2.45) is 0 Å². The Balaban J connectivity index is 1.52. The molecule has 3 rings (SSSR count). The van der Waals surface area contributed by atoms with Crippen molar-refractivity contribution in [3.05, 3.63) is 29.6 Å². The van der Waals surface area contributed by atoms with E-state index in [0.29, 0.717) is 30.1 Å². The number of likely N-dealkylation sites (tertiary alicyclic amines) is 2. The lowest BCUT2D eigenvalue weighted by Gasteiger charge is -2.39. The number of carbonyl (C=O) groups excluding carboxylic acids is 2. The van der Waals surface area contributed by atoms with Crippen molar-refractivity contribution in [3.63, 3.8) is 0 Å². The second-order valence-corrected chi connectivity index (χ2v) is 9.80. The minimum absolute atomic E-state index is 0.0828. The van der Waals surface area contributed by atoms with Crippen LogP contribution in [0.25, 0.3) is 0 Å². The first-order valence-corrected chi connectivity index (χ1v) is 12.7. The third-order valence-corrected chi connectivity index (χ3v) is 7.19. The highest BCUT2D eigenvalue weighted by molar-refractivity contribution is 5.95. The molecular formula is C26H42N4O2. The van der Waals surface area contributed by atoms with Crippen LogP contribution < -0.4 is 5.32 Å². The van der Waals surface area contributed by atoms with Gasteiger partial charge in [0.05, 0.1) is 6.54 Å². The largest absolute Gasteiger partial charge is 0.344 e. The molecule has 6 heteroatoms. The van der Waals surface area contributed by atoms with E-state index in [1.807, 2.05) is 6.07 Å². The van der Waals surface area contributed by atoms with Crippen molar-refractivity contribution in [2.75, 3.05) is 32.7 Å². The van der Waals surface area contributed by atoms with Gasteiger partial charge in [0, 0.05) is 30.1 Å². The highest BCUT2D eigenvalue weighted by Gasteiger charge is 2.28. The summed E-state index contributed by atoms with van der Waals surface area (Å²) in [6.45, 7) is 11.4. The van der Waals surface area contributed by atoms with Gasteiger partial charge in [-0.15, -0.1) is 0 Å². The van der Waals surface area contributed by atoms with Crippen molar-refractivity contribution in [1.82, 2.24) is 20.1 Å². The number of amides is 1. The van der Waals surface area contributed by atoms with Gasteiger partial charge >= 0.3 is 0 Å². The zero-order valence-corrected chi connectivity index (χ0v) is 20.3. The maximum Gasteiger partial charge on any atom is 0.270 e. The first kappa shape index (κ1) is 24.8. The summed E-state index contributed by atoms with van der Waals surface area (Å²) in [5.74, 6) is 0.234. The smallest absolute Gasteiger partial charge is 0.270 e. The Labute approximate surface area is 194 Å². The minimum atomic E-state index is -0.246. The number of carbonyl (C=O) groups is 2. The fraction of sp³-hybridized carbons (Fsp3) is 0.731. The minimum Gasteiger partial charge on any atom is -0.344 e. The van der Waals surface area contributed by atoms with E-state index in [9.17, 15) is 9.59 Å². The Morgan fingerprint density at radius 1 is 1.09 bits per heavy atom. The average molecular weight is 443 g/mol. The van der Waals surface area contributed by atoms with Crippen LogP contribution in [0.5, 0.6) is 0 Å². The molecule has 1 aromatic rings. The van der Waals surface area contributed by atoms with Gasteiger partial charge in [-0.05, 0) is 90.7 Å². The zero-order chi connectivity index (χ0) is 22.9. The maximum atomic E-state index is 12.5. The lowest BCUT2D eigenvalue weighted by atomic mass is 9.96. The van der Waals surface area contributed by atoms with Crippen molar-refractivity contribution in [3.8, 4) is 0 Å². The SMILES string of the molecule is CCCCC(=O)CNC(=O)c1cccc(C2CCCN(C3CCN(C(C)C)CC3)CC2)n1. The number of ketones is 1. The van der Waals surface area contributed by atoms with Crippen molar-refractivity contribution >= 4 is 11.7 Å². The summed E-state index contributed by atoms with van der Waals surface area (Å²) < 4.78 is 0. The monoisotopic (exact) mass is 442 g/mol. The summed E-state index contributed by atoms with van der Waals surface area (Å²) in [7, 11) is 0. The molecule has 1 amide bonds. The van der Waals surface area contributed by atoms with E-state index in [-0.39, 0.29) is 18.2 Å². The number of piperidine rings is 1. The first-order valence-electron chi connectivity index (χ1n) is 12.7. The van der Waals surface area contributed by atoms with E-state index in [2.05, 4.69) is 42.0 Å². The summed E-state index contributed by atoms with van der Waals surface area (Å²) in [6, 6.07) is 7.10. The van der Waals surface area contributed by atoms with Crippen LogP contribution in [-0.4, -0.2) is 71.3 Å². The van der Waals surface area contributed by atoms with Gasteiger partial charge < -0.3 is 15.1 Å². The molecule has 178 valence electrons. The van der Waals surface area contributed by atoms with Crippen molar-refractivity contribution in [2.45, 2.75) is 90.1 Å². The summed E-state index contributed by atoms with van der Waals surface area (Å²) in [4.78, 5) is 34.4. The predicted octanol–water partition coefficient (Wildman–Crippen LogP) is 4.01. The number of Topliss-reactive ketones (excluding diaryl/α,β-unsaturated/α-hetero) is 1. The van der Waals surface area contributed by atoms with E-state index in [4.69, 9.17) is 4.98 Å². The summed E-state index contributed by atoms with van der Waals surface area (Å²) in [5, 5.41) is 2.75. The van der Waals surface area contributed by atoms with Crippen LogP contribution in [0.3, 0.4) is 0 Å². The van der Waals surface area contributed by atoms with Crippen LogP contribution in [0.15, 0.2) is 18.2 Å². The molecular weight excluding hydrogens is 400 g/mol. The molecule has 2 fully saturated rings. The molecule has 0 spiro atoms. The number of nitrogens with one attached hydrogen (secondary N) is 1. The zero-order valence-electron chi connectivity index (χ0n) is 20.3. The van der Waals surface area contributed by atoms with Gasteiger partial charge in [-0.2, -0.15) is 0 Å². The molecule has 0 saturated carbocycles. The van der Waals surface area contributed by atoms with Crippen LogP contribution in [0.2, 0.25) is 0 Å². The molecule has 2 aliphatic heterocycles. The second-order valence-electron chi connectivity index (χ2n) is 9.80. The predicted molar refractivity (Wildman–Crippen MR) is 129 cm³/mol. The molecule has 1 atom stereocenters. The molecule has 6 nitrogen and oxygen atoms in total. The number of hydrogen-bond donors (Lipinski definition) is 1. The molecule has 2 saturated heterocycles. The molecule has 0 bridgehead atoms.